The van der Waals surface area contributed by atoms with Gasteiger partial charge in [0.05, 0.1) is 0 Å². The Morgan fingerprint density at radius 3 is 2.61 bits per heavy atom. The van der Waals surface area contributed by atoms with Gasteiger partial charge in [0.1, 0.15) is 13.2 Å². The predicted molar refractivity (Wildman–Crippen MR) is 67.2 cm³/mol. The van der Waals surface area contributed by atoms with E-state index in [0.717, 1.165) is 18.6 Å². The van der Waals surface area contributed by atoms with E-state index in [2.05, 4.69) is 5.32 Å². The Bertz CT molecular complexity index is 452. The molecule has 1 N–H and O–H groups in total. The van der Waals surface area contributed by atoms with E-state index < -0.39 is 0 Å². The Balaban J connectivity index is 1.73. The summed E-state index contributed by atoms with van der Waals surface area (Å²) in [6.07, 6.45) is 4.62. The minimum atomic E-state index is -0.0149. The third-order valence-corrected chi connectivity index (χ3v) is 3.49. The number of amides is 1. The van der Waals surface area contributed by atoms with Crippen LogP contribution in [0, 0.1) is 0 Å². The lowest BCUT2D eigenvalue weighted by Crippen LogP contribution is -2.32. The van der Waals surface area contributed by atoms with E-state index in [1.807, 2.05) is 0 Å². The lowest BCUT2D eigenvalue weighted by Gasteiger charge is -2.19. The molecule has 1 amide bonds. The van der Waals surface area contributed by atoms with Crippen LogP contribution >= 0.6 is 0 Å². The molecule has 2 aliphatic rings. The lowest BCUT2D eigenvalue weighted by molar-refractivity contribution is 0.0936. The van der Waals surface area contributed by atoms with Crippen molar-refractivity contribution < 1.29 is 14.3 Å². The van der Waals surface area contributed by atoms with Crippen molar-refractivity contribution in [3.63, 3.8) is 0 Å². The van der Waals surface area contributed by atoms with Crippen molar-refractivity contribution in [2.45, 2.75) is 31.7 Å². The molecule has 0 bridgehead atoms. The minimum absolute atomic E-state index is 0.0149. The van der Waals surface area contributed by atoms with E-state index in [0.29, 0.717) is 30.6 Å². The van der Waals surface area contributed by atoms with Crippen LogP contribution in [0.1, 0.15) is 36.0 Å². The average molecular weight is 247 g/mol. The van der Waals surface area contributed by atoms with Gasteiger partial charge in [-0.15, -0.1) is 0 Å². The summed E-state index contributed by atoms with van der Waals surface area (Å²) < 4.78 is 10.9. The standard InChI is InChI=1S/C14H17NO3/c16-14(15-11-3-1-2-4-11)10-5-6-12-13(9-10)18-8-7-17-12/h5-6,9,11H,1-4,7-8H2,(H,15,16). The first-order valence-corrected chi connectivity index (χ1v) is 6.53. The van der Waals surface area contributed by atoms with Gasteiger partial charge in [0.15, 0.2) is 11.5 Å². The maximum Gasteiger partial charge on any atom is 0.251 e. The van der Waals surface area contributed by atoms with Gasteiger partial charge in [-0.25, -0.2) is 0 Å². The lowest BCUT2D eigenvalue weighted by atomic mass is 10.1. The molecule has 18 heavy (non-hydrogen) atoms. The molecule has 96 valence electrons. The van der Waals surface area contributed by atoms with Crippen molar-refractivity contribution in [3.05, 3.63) is 23.8 Å². The van der Waals surface area contributed by atoms with Crippen LogP contribution in [0.4, 0.5) is 0 Å². The number of ether oxygens (including phenoxy) is 2. The smallest absolute Gasteiger partial charge is 0.251 e. The van der Waals surface area contributed by atoms with Crippen molar-refractivity contribution in [3.8, 4) is 11.5 Å². The van der Waals surface area contributed by atoms with E-state index in [-0.39, 0.29) is 5.91 Å². The van der Waals surface area contributed by atoms with E-state index in [9.17, 15) is 4.79 Å². The molecular weight excluding hydrogens is 230 g/mol. The molecule has 0 aromatic heterocycles. The number of hydrogen-bond acceptors (Lipinski definition) is 3. The maximum absolute atomic E-state index is 12.1. The molecule has 1 fully saturated rings. The molecule has 1 aromatic carbocycles. The number of nitrogens with one attached hydrogen (secondary N) is 1. The Kier molecular flexibility index (Phi) is 3.09. The molecule has 0 spiro atoms. The third-order valence-electron chi connectivity index (χ3n) is 3.49. The Hall–Kier alpha value is -1.71. The van der Waals surface area contributed by atoms with Gasteiger partial charge in [-0.2, -0.15) is 0 Å². The van der Waals surface area contributed by atoms with Gasteiger partial charge in [0.25, 0.3) is 5.91 Å². The fourth-order valence-electron chi connectivity index (χ4n) is 2.52. The molecule has 1 saturated carbocycles. The van der Waals surface area contributed by atoms with Gasteiger partial charge < -0.3 is 14.8 Å². The van der Waals surface area contributed by atoms with E-state index in [1.54, 1.807) is 18.2 Å². The molecule has 4 heteroatoms. The monoisotopic (exact) mass is 247 g/mol. The highest BCUT2D eigenvalue weighted by molar-refractivity contribution is 5.95. The normalized spacial score (nSPS) is 18.7. The van der Waals surface area contributed by atoms with E-state index in [4.69, 9.17) is 9.47 Å². The highest BCUT2D eigenvalue weighted by Crippen LogP contribution is 2.30. The largest absolute Gasteiger partial charge is 0.486 e. The summed E-state index contributed by atoms with van der Waals surface area (Å²) in [6.45, 7) is 1.11. The summed E-state index contributed by atoms with van der Waals surface area (Å²) in [7, 11) is 0. The molecule has 0 unspecified atom stereocenters. The first-order valence-electron chi connectivity index (χ1n) is 6.53. The quantitative estimate of drug-likeness (QED) is 0.871. The minimum Gasteiger partial charge on any atom is -0.486 e. The fourth-order valence-corrected chi connectivity index (χ4v) is 2.52. The van der Waals surface area contributed by atoms with Crippen LogP contribution in [0.2, 0.25) is 0 Å². The molecule has 0 atom stereocenters. The summed E-state index contributed by atoms with van der Waals surface area (Å²) >= 11 is 0. The van der Waals surface area contributed by atoms with Gasteiger partial charge in [-0.1, -0.05) is 12.8 Å². The van der Waals surface area contributed by atoms with Crippen LogP contribution in [-0.2, 0) is 0 Å². The molecule has 1 aliphatic carbocycles. The number of carbonyl (C=O) groups excluding carboxylic acids is 1. The molecule has 1 heterocycles. The maximum atomic E-state index is 12.1. The van der Waals surface area contributed by atoms with Crippen LogP contribution in [-0.4, -0.2) is 25.2 Å². The fraction of sp³-hybridized carbons (Fsp3) is 0.500. The Morgan fingerprint density at radius 2 is 1.83 bits per heavy atom. The van der Waals surface area contributed by atoms with Crippen LogP contribution in [0.5, 0.6) is 11.5 Å². The molecule has 0 saturated heterocycles. The number of benzene rings is 1. The third kappa shape index (κ3) is 2.28. The zero-order chi connectivity index (χ0) is 12.4. The topological polar surface area (TPSA) is 47.6 Å². The molecule has 3 rings (SSSR count). The van der Waals surface area contributed by atoms with Gasteiger partial charge >= 0.3 is 0 Å². The summed E-state index contributed by atoms with van der Waals surface area (Å²) in [5.41, 5.74) is 0.645. The zero-order valence-electron chi connectivity index (χ0n) is 10.3. The second-order valence-electron chi connectivity index (χ2n) is 4.81. The predicted octanol–water partition coefficient (Wildman–Crippen LogP) is 2.13. The average Bonchev–Trinajstić information content (AvgIpc) is 2.91. The number of rotatable bonds is 2. The van der Waals surface area contributed by atoms with E-state index in [1.165, 1.54) is 12.8 Å². The van der Waals surface area contributed by atoms with Crippen molar-refractivity contribution in [2.75, 3.05) is 13.2 Å². The molecule has 4 nitrogen and oxygen atoms in total. The van der Waals surface area contributed by atoms with Crippen LogP contribution in [0.15, 0.2) is 18.2 Å². The first kappa shape index (κ1) is 11.4. The summed E-state index contributed by atoms with van der Waals surface area (Å²) in [5, 5.41) is 3.07. The van der Waals surface area contributed by atoms with E-state index >= 15 is 0 Å². The highest BCUT2D eigenvalue weighted by Gasteiger charge is 2.19. The highest BCUT2D eigenvalue weighted by atomic mass is 16.6. The zero-order valence-corrected chi connectivity index (χ0v) is 10.3. The number of carbonyl (C=O) groups is 1. The molecular formula is C14H17NO3. The summed E-state index contributed by atoms with van der Waals surface area (Å²) in [4.78, 5) is 12.1. The molecule has 0 radical (unpaired) electrons. The molecule has 1 aromatic rings. The Labute approximate surface area is 106 Å². The number of hydrogen-bond donors (Lipinski definition) is 1. The summed E-state index contributed by atoms with van der Waals surface area (Å²) in [6, 6.07) is 5.69. The van der Waals surface area contributed by atoms with Gasteiger partial charge in [0.2, 0.25) is 0 Å². The van der Waals surface area contributed by atoms with Gasteiger partial charge in [0, 0.05) is 11.6 Å². The SMILES string of the molecule is O=C(NC1CCCC1)c1ccc2c(c1)OCCO2. The van der Waals surface area contributed by atoms with Crippen LogP contribution in [0.3, 0.4) is 0 Å². The van der Waals surface area contributed by atoms with Crippen molar-refractivity contribution in [1.82, 2.24) is 5.32 Å². The number of fused-ring (bicyclic) bond motifs is 1. The van der Waals surface area contributed by atoms with Crippen molar-refractivity contribution >= 4 is 5.91 Å². The van der Waals surface area contributed by atoms with Gasteiger partial charge in [-0.3, -0.25) is 4.79 Å². The van der Waals surface area contributed by atoms with Crippen LogP contribution < -0.4 is 14.8 Å². The van der Waals surface area contributed by atoms with Crippen LogP contribution in [0.25, 0.3) is 0 Å². The van der Waals surface area contributed by atoms with Crippen molar-refractivity contribution in [2.24, 2.45) is 0 Å². The summed E-state index contributed by atoms with van der Waals surface area (Å²) in [5.74, 6) is 1.37. The molecule has 1 aliphatic heterocycles. The Morgan fingerprint density at radius 1 is 1.11 bits per heavy atom. The first-order chi connectivity index (χ1) is 8.83. The van der Waals surface area contributed by atoms with Crippen molar-refractivity contribution in [1.29, 1.82) is 0 Å². The second kappa shape index (κ2) is 4.88. The van der Waals surface area contributed by atoms with Gasteiger partial charge in [-0.05, 0) is 31.0 Å². The second-order valence-corrected chi connectivity index (χ2v) is 4.81.